The van der Waals surface area contributed by atoms with E-state index in [1.54, 1.807) is 30.3 Å². The summed E-state index contributed by atoms with van der Waals surface area (Å²) >= 11 is 5.99. The van der Waals surface area contributed by atoms with Crippen molar-refractivity contribution in [2.45, 2.75) is 0 Å². The zero-order chi connectivity index (χ0) is 13.8. The molecular formula is C13H11ClN2O3. The number of hydrogen-bond acceptors (Lipinski definition) is 5. The summed E-state index contributed by atoms with van der Waals surface area (Å²) in [4.78, 5) is 15.6. The average molecular weight is 279 g/mol. The van der Waals surface area contributed by atoms with Crippen molar-refractivity contribution in [3.63, 3.8) is 0 Å². The molecule has 0 aliphatic heterocycles. The lowest BCUT2D eigenvalue weighted by Crippen LogP contribution is -2.05. The third-order valence-electron chi connectivity index (χ3n) is 2.34. The van der Waals surface area contributed by atoms with Crippen LogP contribution >= 0.6 is 11.6 Å². The van der Waals surface area contributed by atoms with E-state index >= 15 is 0 Å². The molecule has 6 heteroatoms. The maximum atomic E-state index is 11.6. The highest BCUT2D eigenvalue weighted by Crippen LogP contribution is 2.31. The summed E-state index contributed by atoms with van der Waals surface area (Å²) in [5, 5.41) is 0.371. The van der Waals surface area contributed by atoms with Gasteiger partial charge < -0.3 is 15.2 Å². The molecule has 2 aromatic rings. The van der Waals surface area contributed by atoms with Crippen LogP contribution in [0.2, 0.25) is 5.02 Å². The zero-order valence-electron chi connectivity index (χ0n) is 10.1. The number of aromatic nitrogens is 1. The molecule has 1 heterocycles. The van der Waals surface area contributed by atoms with E-state index in [0.717, 1.165) is 0 Å². The number of nitrogens with two attached hydrogens (primary N) is 1. The molecule has 2 N–H and O–H groups in total. The molecule has 0 bridgehead atoms. The number of carbonyl (C=O) groups is 1. The molecule has 0 fully saturated rings. The average Bonchev–Trinajstić information content (AvgIpc) is 2.42. The van der Waals surface area contributed by atoms with Gasteiger partial charge in [-0.15, -0.1) is 0 Å². The maximum absolute atomic E-state index is 11.6. The van der Waals surface area contributed by atoms with Gasteiger partial charge in [0.25, 0.3) is 0 Å². The lowest BCUT2D eigenvalue weighted by atomic mass is 10.2. The Morgan fingerprint density at radius 2 is 2.16 bits per heavy atom. The summed E-state index contributed by atoms with van der Waals surface area (Å²) in [7, 11) is 1.28. The van der Waals surface area contributed by atoms with Crippen LogP contribution in [0.4, 0.5) is 5.69 Å². The molecule has 5 nitrogen and oxygen atoms in total. The van der Waals surface area contributed by atoms with Crippen molar-refractivity contribution in [1.82, 2.24) is 4.98 Å². The molecule has 1 aromatic carbocycles. The summed E-state index contributed by atoms with van der Waals surface area (Å²) in [6.45, 7) is 0. The SMILES string of the molecule is COC(=O)c1cccnc1Oc1cc(N)ccc1Cl. The second-order valence-corrected chi connectivity index (χ2v) is 4.05. The molecular weight excluding hydrogens is 268 g/mol. The van der Waals surface area contributed by atoms with Gasteiger partial charge in [-0.1, -0.05) is 11.6 Å². The van der Waals surface area contributed by atoms with E-state index in [0.29, 0.717) is 16.5 Å². The zero-order valence-corrected chi connectivity index (χ0v) is 10.8. The van der Waals surface area contributed by atoms with Crippen LogP contribution in [0.3, 0.4) is 0 Å². The summed E-state index contributed by atoms with van der Waals surface area (Å²) in [6, 6.07) is 7.97. The van der Waals surface area contributed by atoms with Crippen LogP contribution in [0.1, 0.15) is 10.4 Å². The predicted octanol–water partition coefficient (Wildman–Crippen LogP) is 2.90. The summed E-state index contributed by atoms with van der Waals surface area (Å²) in [6.07, 6.45) is 1.50. The van der Waals surface area contributed by atoms with Crippen molar-refractivity contribution in [1.29, 1.82) is 0 Å². The number of nitrogens with zero attached hydrogens (tertiary/aromatic N) is 1. The Bertz CT molecular complexity index is 617. The molecule has 98 valence electrons. The Balaban J connectivity index is 2.38. The van der Waals surface area contributed by atoms with Gasteiger partial charge in [0.1, 0.15) is 11.3 Å². The van der Waals surface area contributed by atoms with E-state index in [1.165, 1.54) is 13.3 Å². The van der Waals surface area contributed by atoms with E-state index in [4.69, 9.17) is 22.1 Å². The van der Waals surface area contributed by atoms with Gasteiger partial charge in [-0.2, -0.15) is 0 Å². The first-order valence-electron chi connectivity index (χ1n) is 5.38. The first-order chi connectivity index (χ1) is 9.11. The van der Waals surface area contributed by atoms with Gasteiger partial charge in [0.2, 0.25) is 5.88 Å². The van der Waals surface area contributed by atoms with E-state index in [1.807, 2.05) is 0 Å². The summed E-state index contributed by atoms with van der Waals surface area (Å²) in [5.41, 5.74) is 6.36. The van der Waals surface area contributed by atoms with Gasteiger partial charge in [-0.3, -0.25) is 0 Å². The lowest BCUT2D eigenvalue weighted by molar-refractivity contribution is 0.0597. The van der Waals surface area contributed by atoms with Crippen molar-refractivity contribution >= 4 is 23.3 Å². The quantitative estimate of drug-likeness (QED) is 0.690. The second kappa shape index (κ2) is 5.58. The molecule has 19 heavy (non-hydrogen) atoms. The van der Waals surface area contributed by atoms with Crippen LogP contribution in [0, 0.1) is 0 Å². The second-order valence-electron chi connectivity index (χ2n) is 3.64. The topological polar surface area (TPSA) is 74.4 Å². The molecule has 0 amide bonds. The summed E-state index contributed by atoms with van der Waals surface area (Å²) < 4.78 is 10.2. The van der Waals surface area contributed by atoms with Crippen LogP contribution < -0.4 is 10.5 Å². The minimum Gasteiger partial charge on any atom is -0.465 e. The normalized spacial score (nSPS) is 10.0. The highest BCUT2D eigenvalue weighted by Gasteiger charge is 2.15. The predicted molar refractivity (Wildman–Crippen MR) is 71.5 cm³/mol. The Kier molecular flexibility index (Phi) is 3.87. The van der Waals surface area contributed by atoms with Gasteiger partial charge in [-0.05, 0) is 24.3 Å². The van der Waals surface area contributed by atoms with Crippen LogP contribution in [-0.2, 0) is 4.74 Å². The van der Waals surface area contributed by atoms with Crippen LogP contribution in [0.15, 0.2) is 36.5 Å². The largest absolute Gasteiger partial charge is 0.465 e. The van der Waals surface area contributed by atoms with Gasteiger partial charge in [-0.25, -0.2) is 9.78 Å². The van der Waals surface area contributed by atoms with Crippen molar-refractivity contribution in [2.75, 3.05) is 12.8 Å². The number of methoxy groups -OCH3 is 1. The number of esters is 1. The molecule has 0 aliphatic rings. The molecule has 1 aromatic heterocycles. The number of ether oxygens (including phenoxy) is 2. The van der Waals surface area contributed by atoms with Crippen molar-refractivity contribution in [3.05, 3.63) is 47.1 Å². The van der Waals surface area contributed by atoms with Crippen LogP contribution in [-0.4, -0.2) is 18.1 Å². The van der Waals surface area contributed by atoms with Crippen LogP contribution in [0.25, 0.3) is 0 Å². The van der Waals surface area contributed by atoms with E-state index < -0.39 is 5.97 Å². The Hall–Kier alpha value is -2.27. The standard InChI is InChI=1S/C13H11ClN2O3/c1-18-13(17)9-3-2-6-16-12(9)19-11-7-8(15)4-5-10(11)14/h2-7H,15H2,1H3. The van der Waals surface area contributed by atoms with Crippen molar-refractivity contribution in [3.8, 4) is 11.6 Å². The number of carbonyl (C=O) groups excluding carboxylic acids is 1. The lowest BCUT2D eigenvalue weighted by Gasteiger charge is -2.10. The van der Waals surface area contributed by atoms with Gasteiger partial charge in [0.15, 0.2) is 0 Å². The molecule has 0 saturated carbocycles. The molecule has 0 spiro atoms. The molecule has 0 atom stereocenters. The fourth-order valence-electron chi connectivity index (χ4n) is 1.44. The number of pyridine rings is 1. The Morgan fingerprint density at radius 1 is 1.37 bits per heavy atom. The molecule has 0 radical (unpaired) electrons. The van der Waals surface area contributed by atoms with Gasteiger partial charge in [0.05, 0.1) is 12.1 Å². The van der Waals surface area contributed by atoms with Gasteiger partial charge >= 0.3 is 5.97 Å². The first-order valence-corrected chi connectivity index (χ1v) is 5.76. The third kappa shape index (κ3) is 2.95. The van der Waals surface area contributed by atoms with Crippen molar-refractivity contribution < 1.29 is 14.3 Å². The smallest absolute Gasteiger partial charge is 0.343 e. The molecule has 0 aliphatic carbocycles. The number of nitrogen functional groups attached to an aromatic ring is 1. The van der Waals surface area contributed by atoms with E-state index in [2.05, 4.69) is 9.72 Å². The number of benzene rings is 1. The number of rotatable bonds is 3. The third-order valence-corrected chi connectivity index (χ3v) is 2.65. The fourth-order valence-corrected chi connectivity index (χ4v) is 1.60. The highest BCUT2D eigenvalue weighted by atomic mass is 35.5. The number of halogens is 1. The number of anilines is 1. The van der Waals surface area contributed by atoms with Gasteiger partial charge in [0, 0.05) is 18.0 Å². The molecule has 2 rings (SSSR count). The fraction of sp³-hybridized carbons (Fsp3) is 0.0769. The monoisotopic (exact) mass is 278 g/mol. The highest BCUT2D eigenvalue weighted by molar-refractivity contribution is 6.32. The molecule has 0 unspecified atom stereocenters. The maximum Gasteiger partial charge on any atom is 0.343 e. The molecule has 0 saturated heterocycles. The number of hydrogen-bond donors (Lipinski definition) is 1. The minimum atomic E-state index is -0.539. The van der Waals surface area contributed by atoms with Crippen molar-refractivity contribution in [2.24, 2.45) is 0 Å². The first kappa shape index (κ1) is 13.2. The minimum absolute atomic E-state index is 0.113. The van der Waals surface area contributed by atoms with E-state index in [-0.39, 0.29) is 11.4 Å². The van der Waals surface area contributed by atoms with E-state index in [9.17, 15) is 4.79 Å². The van der Waals surface area contributed by atoms with Crippen LogP contribution in [0.5, 0.6) is 11.6 Å². The Labute approximate surface area is 114 Å². The Morgan fingerprint density at radius 3 is 2.89 bits per heavy atom. The summed E-state index contributed by atoms with van der Waals surface area (Å²) in [5.74, 6) is -0.101.